The largest absolute Gasteiger partial charge is 0.383 e. The van der Waals surface area contributed by atoms with E-state index < -0.39 is 0 Å². The Kier molecular flexibility index (Phi) is 7.10. The Morgan fingerprint density at radius 3 is 2.60 bits per heavy atom. The minimum absolute atomic E-state index is 0.111. The van der Waals surface area contributed by atoms with Gasteiger partial charge in [0.05, 0.1) is 6.61 Å². The maximum Gasteiger partial charge on any atom is 0.253 e. The number of nitrogens with one attached hydrogen (secondary N) is 1. The minimum atomic E-state index is -0.217. The van der Waals surface area contributed by atoms with Crippen molar-refractivity contribution in [2.24, 2.45) is 0 Å². The van der Waals surface area contributed by atoms with Gasteiger partial charge in [0.15, 0.2) is 0 Å². The van der Waals surface area contributed by atoms with E-state index in [9.17, 15) is 9.59 Å². The molecule has 2 rings (SSSR count). The monoisotopic (exact) mass is 341 g/mol. The number of pyridine rings is 1. The molecular formula is C19H23N3O3. The number of carbonyl (C=O) groups excluding carboxylic acids is 2. The lowest BCUT2D eigenvalue weighted by atomic mass is 10.1. The van der Waals surface area contributed by atoms with Crippen molar-refractivity contribution in [1.29, 1.82) is 0 Å². The highest BCUT2D eigenvalue weighted by Gasteiger charge is 2.14. The van der Waals surface area contributed by atoms with E-state index in [0.29, 0.717) is 30.8 Å². The summed E-state index contributed by atoms with van der Waals surface area (Å²) in [5.74, 6) is -0.327. The van der Waals surface area contributed by atoms with Crippen LogP contribution in [0, 0.1) is 0 Å². The number of likely N-dealkylation sites (N-methyl/N-ethyl adjacent to an activating group) is 1. The van der Waals surface area contributed by atoms with E-state index in [4.69, 9.17) is 4.74 Å². The fourth-order valence-corrected chi connectivity index (χ4v) is 2.33. The van der Waals surface area contributed by atoms with Gasteiger partial charge in [-0.25, -0.2) is 0 Å². The van der Waals surface area contributed by atoms with E-state index in [0.717, 1.165) is 12.0 Å². The number of hydrogen-bond donors (Lipinski definition) is 1. The molecule has 2 aromatic rings. The molecule has 0 aliphatic rings. The highest BCUT2D eigenvalue weighted by Crippen LogP contribution is 2.09. The van der Waals surface area contributed by atoms with Crippen LogP contribution in [0.4, 0.5) is 0 Å². The van der Waals surface area contributed by atoms with E-state index in [-0.39, 0.29) is 11.8 Å². The molecule has 0 unspecified atom stereocenters. The molecule has 0 bridgehead atoms. The molecule has 6 heteroatoms. The molecule has 0 spiro atoms. The first-order chi connectivity index (χ1) is 12.1. The molecule has 1 aromatic heterocycles. The molecule has 25 heavy (non-hydrogen) atoms. The summed E-state index contributed by atoms with van der Waals surface area (Å²) in [7, 11) is 3.34. The van der Waals surface area contributed by atoms with Gasteiger partial charge in [-0.3, -0.25) is 14.6 Å². The summed E-state index contributed by atoms with van der Waals surface area (Å²) in [5, 5.41) is 2.75. The Morgan fingerprint density at radius 1 is 1.16 bits per heavy atom. The standard InChI is InChI=1S/C19H23N3O3/c1-22(12-8-15-6-9-20-10-7-15)19(24)17-5-3-4-16(14-17)18(23)21-11-13-25-2/h3-7,9-10,14H,8,11-13H2,1-2H3,(H,21,23). The normalized spacial score (nSPS) is 10.3. The minimum Gasteiger partial charge on any atom is -0.383 e. The van der Waals surface area contributed by atoms with Gasteiger partial charge in [-0.1, -0.05) is 6.07 Å². The van der Waals surface area contributed by atoms with Crippen molar-refractivity contribution >= 4 is 11.8 Å². The second kappa shape index (κ2) is 9.54. The topological polar surface area (TPSA) is 71.5 Å². The summed E-state index contributed by atoms with van der Waals surface area (Å²) in [6.07, 6.45) is 4.23. The number of methoxy groups -OCH3 is 1. The highest BCUT2D eigenvalue weighted by atomic mass is 16.5. The summed E-state index contributed by atoms with van der Waals surface area (Å²) >= 11 is 0. The molecule has 0 saturated carbocycles. The van der Waals surface area contributed by atoms with Crippen LogP contribution in [-0.2, 0) is 11.2 Å². The van der Waals surface area contributed by atoms with Crippen molar-refractivity contribution in [3.8, 4) is 0 Å². The number of ether oxygens (including phenoxy) is 1. The average molecular weight is 341 g/mol. The van der Waals surface area contributed by atoms with Crippen LogP contribution in [0.3, 0.4) is 0 Å². The second-order valence-electron chi connectivity index (χ2n) is 5.66. The molecule has 2 amide bonds. The third kappa shape index (κ3) is 5.69. The van der Waals surface area contributed by atoms with E-state index in [1.165, 1.54) is 0 Å². The number of rotatable bonds is 8. The van der Waals surface area contributed by atoms with E-state index in [1.54, 1.807) is 55.7 Å². The Morgan fingerprint density at radius 2 is 1.88 bits per heavy atom. The lowest BCUT2D eigenvalue weighted by Crippen LogP contribution is -2.30. The van der Waals surface area contributed by atoms with Crippen molar-refractivity contribution in [2.75, 3.05) is 33.9 Å². The molecule has 0 fully saturated rings. The molecule has 132 valence electrons. The number of hydrogen-bond acceptors (Lipinski definition) is 4. The SMILES string of the molecule is COCCNC(=O)c1cccc(C(=O)N(C)CCc2ccncc2)c1. The predicted molar refractivity (Wildman–Crippen MR) is 95.6 cm³/mol. The van der Waals surface area contributed by atoms with Crippen LogP contribution in [-0.4, -0.2) is 55.6 Å². The number of nitrogens with zero attached hydrogens (tertiary/aromatic N) is 2. The molecule has 0 atom stereocenters. The highest BCUT2D eigenvalue weighted by molar-refractivity contribution is 5.99. The van der Waals surface area contributed by atoms with Crippen LogP contribution >= 0.6 is 0 Å². The van der Waals surface area contributed by atoms with Crippen LogP contribution in [0.1, 0.15) is 26.3 Å². The van der Waals surface area contributed by atoms with Crippen molar-refractivity contribution in [3.63, 3.8) is 0 Å². The summed E-state index contributed by atoms with van der Waals surface area (Å²) in [6, 6.07) is 10.6. The van der Waals surface area contributed by atoms with E-state index >= 15 is 0 Å². The fraction of sp³-hybridized carbons (Fsp3) is 0.316. The quantitative estimate of drug-likeness (QED) is 0.743. The van der Waals surface area contributed by atoms with Gasteiger partial charge in [0, 0.05) is 50.8 Å². The zero-order valence-corrected chi connectivity index (χ0v) is 14.6. The van der Waals surface area contributed by atoms with Crippen molar-refractivity contribution < 1.29 is 14.3 Å². The number of benzene rings is 1. The van der Waals surface area contributed by atoms with Crippen LogP contribution in [0.5, 0.6) is 0 Å². The van der Waals surface area contributed by atoms with Crippen LogP contribution in [0.25, 0.3) is 0 Å². The molecule has 0 saturated heterocycles. The lowest BCUT2D eigenvalue weighted by Gasteiger charge is -2.17. The summed E-state index contributed by atoms with van der Waals surface area (Å²) in [4.78, 5) is 30.3. The summed E-state index contributed by atoms with van der Waals surface area (Å²) in [5.41, 5.74) is 2.09. The van der Waals surface area contributed by atoms with Gasteiger partial charge in [0.25, 0.3) is 11.8 Å². The van der Waals surface area contributed by atoms with Crippen molar-refractivity contribution in [1.82, 2.24) is 15.2 Å². The van der Waals surface area contributed by atoms with Crippen molar-refractivity contribution in [2.45, 2.75) is 6.42 Å². The van der Waals surface area contributed by atoms with E-state index in [2.05, 4.69) is 10.3 Å². The van der Waals surface area contributed by atoms with Gasteiger partial charge in [0.1, 0.15) is 0 Å². The molecule has 0 aliphatic heterocycles. The van der Waals surface area contributed by atoms with Crippen LogP contribution in [0.15, 0.2) is 48.8 Å². The zero-order valence-electron chi connectivity index (χ0n) is 14.6. The third-order valence-electron chi connectivity index (χ3n) is 3.80. The van der Waals surface area contributed by atoms with Gasteiger partial charge in [-0.15, -0.1) is 0 Å². The van der Waals surface area contributed by atoms with Gasteiger partial charge in [-0.2, -0.15) is 0 Å². The Balaban J connectivity index is 1.96. The molecule has 1 N–H and O–H groups in total. The van der Waals surface area contributed by atoms with Gasteiger partial charge < -0.3 is 15.0 Å². The maximum atomic E-state index is 12.6. The first kappa shape index (κ1) is 18.6. The second-order valence-corrected chi connectivity index (χ2v) is 5.66. The Labute approximate surface area is 147 Å². The molecular weight excluding hydrogens is 318 g/mol. The van der Waals surface area contributed by atoms with Gasteiger partial charge >= 0.3 is 0 Å². The van der Waals surface area contributed by atoms with Crippen molar-refractivity contribution in [3.05, 3.63) is 65.5 Å². The number of carbonyl (C=O) groups is 2. The Hall–Kier alpha value is -2.73. The first-order valence-corrected chi connectivity index (χ1v) is 8.13. The smallest absolute Gasteiger partial charge is 0.253 e. The summed E-state index contributed by atoms with van der Waals surface area (Å²) < 4.78 is 4.91. The fourth-order valence-electron chi connectivity index (χ4n) is 2.33. The summed E-state index contributed by atoms with van der Waals surface area (Å²) in [6.45, 7) is 1.47. The molecule has 0 radical (unpaired) electrons. The molecule has 1 aromatic carbocycles. The number of amides is 2. The van der Waals surface area contributed by atoms with E-state index in [1.807, 2.05) is 12.1 Å². The predicted octanol–water partition coefficient (Wildman–Crippen LogP) is 1.77. The third-order valence-corrected chi connectivity index (χ3v) is 3.80. The molecule has 0 aliphatic carbocycles. The van der Waals surface area contributed by atoms with Crippen LogP contribution in [0.2, 0.25) is 0 Å². The lowest BCUT2D eigenvalue weighted by molar-refractivity contribution is 0.0796. The first-order valence-electron chi connectivity index (χ1n) is 8.13. The molecule has 6 nitrogen and oxygen atoms in total. The number of aromatic nitrogens is 1. The maximum absolute atomic E-state index is 12.6. The van der Waals surface area contributed by atoms with Gasteiger partial charge in [-0.05, 0) is 42.3 Å². The molecule has 1 heterocycles. The van der Waals surface area contributed by atoms with Crippen LogP contribution < -0.4 is 5.32 Å². The average Bonchev–Trinajstić information content (AvgIpc) is 2.66. The Bertz CT molecular complexity index is 704. The van der Waals surface area contributed by atoms with Gasteiger partial charge in [0.2, 0.25) is 0 Å². The zero-order chi connectivity index (χ0) is 18.1.